The summed E-state index contributed by atoms with van der Waals surface area (Å²) >= 11 is 3.48. The standard InChI is InChI=1S/C17H17BrFNO/c18-14-4-5-17-13(9-14)10-16(21-17)11-20-7-6-12-2-1-3-15(19)8-12/h1-5,8-9,16,20H,6-7,10-11H2. The molecule has 0 aliphatic carbocycles. The van der Waals surface area contributed by atoms with Crippen LogP contribution in [0.3, 0.4) is 0 Å². The van der Waals surface area contributed by atoms with Crippen LogP contribution in [0.4, 0.5) is 4.39 Å². The Hall–Kier alpha value is -1.39. The quantitative estimate of drug-likeness (QED) is 0.830. The second-order valence-corrected chi connectivity index (χ2v) is 6.20. The Kier molecular flexibility index (Phi) is 4.56. The van der Waals surface area contributed by atoms with Gasteiger partial charge in [-0.3, -0.25) is 0 Å². The van der Waals surface area contributed by atoms with Crippen molar-refractivity contribution in [3.63, 3.8) is 0 Å². The van der Waals surface area contributed by atoms with Crippen LogP contribution in [0.15, 0.2) is 46.9 Å². The van der Waals surface area contributed by atoms with Gasteiger partial charge in [0.05, 0.1) is 0 Å². The lowest BCUT2D eigenvalue weighted by Crippen LogP contribution is -2.31. The lowest BCUT2D eigenvalue weighted by atomic mass is 10.1. The molecule has 0 amide bonds. The van der Waals surface area contributed by atoms with Crippen LogP contribution < -0.4 is 10.1 Å². The largest absolute Gasteiger partial charge is 0.488 e. The molecule has 21 heavy (non-hydrogen) atoms. The van der Waals surface area contributed by atoms with Gasteiger partial charge in [0.25, 0.3) is 0 Å². The van der Waals surface area contributed by atoms with Crippen LogP contribution in [0.25, 0.3) is 0 Å². The molecule has 1 heterocycles. The molecule has 0 saturated carbocycles. The monoisotopic (exact) mass is 349 g/mol. The minimum atomic E-state index is -0.173. The van der Waals surface area contributed by atoms with E-state index in [-0.39, 0.29) is 11.9 Å². The molecular formula is C17H17BrFNO. The molecule has 2 nitrogen and oxygen atoms in total. The van der Waals surface area contributed by atoms with Gasteiger partial charge in [0.1, 0.15) is 17.7 Å². The van der Waals surface area contributed by atoms with Crippen LogP contribution in [0.1, 0.15) is 11.1 Å². The number of halogens is 2. The second kappa shape index (κ2) is 6.58. The molecule has 2 aromatic carbocycles. The van der Waals surface area contributed by atoms with E-state index in [1.165, 1.54) is 11.6 Å². The first kappa shape index (κ1) is 14.5. The van der Waals surface area contributed by atoms with E-state index in [1.54, 1.807) is 12.1 Å². The third kappa shape index (κ3) is 3.83. The Morgan fingerprint density at radius 2 is 2.14 bits per heavy atom. The highest BCUT2D eigenvalue weighted by Gasteiger charge is 2.22. The van der Waals surface area contributed by atoms with Crippen molar-refractivity contribution in [1.29, 1.82) is 0 Å². The average Bonchev–Trinajstić information content (AvgIpc) is 2.85. The van der Waals surface area contributed by atoms with Gasteiger partial charge in [-0.15, -0.1) is 0 Å². The summed E-state index contributed by atoms with van der Waals surface area (Å²) in [5.74, 6) is 0.808. The van der Waals surface area contributed by atoms with E-state index in [0.29, 0.717) is 0 Å². The molecule has 1 N–H and O–H groups in total. The molecule has 0 bridgehead atoms. The topological polar surface area (TPSA) is 21.3 Å². The van der Waals surface area contributed by atoms with Gasteiger partial charge in [0.2, 0.25) is 0 Å². The normalized spacial score (nSPS) is 16.6. The van der Waals surface area contributed by atoms with Crippen LogP contribution in [0, 0.1) is 5.82 Å². The molecular weight excluding hydrogens is 333 g/mol. The van der Waals surface area contributed by atoms with Gasteiger partial charge in [-0.05, 0) is 54.4 Å². The zero-order valence-corrected chi connectivity index (χ0v) is 13.2. The number of rotatable bonds is 5. The molecule has 1 aliphatic rings. The molecule has 0 fully saturated rings. The molecule has 1 unspecified atom stereocenters. The number of benzene rings is 2. The van der Waals surface area contributed by atoms with Gasteiger partial charge < -0.3 is 10.1 Å². The fourth-order valence-electron chi connectivity index (χ4n) is 2.59. The Morgan fingerprint density at radius 1 is 1.24 bits per heavy atom. The molecule has 0 spiro atoms. The first-order valence-electron chi connectivity index (χ1n) is 7.11. The summed E-state index contributed by atoms with van der Waals surface area (Å²) < 4.78 is 20.0. The Bertz CT molecular complexity index is 632. The smallest absolute Gasteiger partial charge is 0.123 e. The minimum absolute atomic E-state index is 0.173. The van der Waals surface area contributed by atoms with E-state index < -0.39 is 0 Å². The molecule has 1 aliphatic heterocycles. The fraction of sp³-hybridized carbons (Fsp3) is 0.294. The Labute approximate surface area is 132 Å². The molecule has 4 heteroatoms. The maximum atomic E-state index is 13.1. The summed E-state index contributed by atoms with van der Waals surface area (Å²) in [5.41, 5.74) is 2.27. The van der Waals surface area contributed by atoms with Crippen molar-refractivity contribution in [2.45, 2.75) is 18.9 Å². The van der Waals surface area contributed by atoms with E-state index >= 15 is 0 Å². The Morgan fingerprint density at radius 3 is 3.00 bits per heavy atom. The fourth-order valence-corrected chi connectivity index (χ4v) is 3.00. The van der Waals surface area contributed by atoms with Crippen LogP contribution in [-0.4, -0.2) is 19.2 Å². The minimum Gasteiger partial charge on any atom is -0.488 e. The van der Waals surface area contributed by atoms with Gasteiger partial charge in [-0.2, -0.15) is 0 Å². The van der Waals surface area contributed by atoms with E-state index in [0.717, 1.165) is 41.7 Å². The summed E-state index contributed by atoms with van der Waals surface area (Å²) in [7, 11) is 0. The van der Waals surface area contributed by atoms with Crippen LogP contribution >= 0.6 is 15.9 Å². The third-order valence-corrected chi connectivity index (χ3v) is 4.11. The molecule has 2 aromatic rings. The van der Waals surface area contributed by atoms with Crippen LogP contribution in [0.2, 0.25) is 0 Å². The molecule has 0 aromatic heterocycles. The number of hydrogen-bond donors (Lipinski definition) is 1. The van der Waals surface area contributed by atoms with Gasteiger partial charge in [-0.1, -0.05) is 28.1 Å². The zero-order chi connectivity index (χ0) is 14.7. The van der Waals surface area contributed by atoms with E-state index in [1.807, 2.05) is 18.2 Å². The number of hydrogen-bond acceptors (Lipinski definition) is 2. The van der Waals surface area contributed by atoms with Gasteiger partial charge >= 0.3 is 0 Å². The predicted octanol–water partition coefficient (Wildman–Crippen LogP) is 3.72. The number of nitrogens with one attached hydrogen (secondary N) is 1. The highest BCUT2D eigenvalue weighted by Crippen LogP contribution is 2.30. The SMILES string of the molecule is Fc1cccc(CCNCC2Cc3cc(Br)ccc3O2)c1. The van der Waals surface area contributed by atoms with Crippen molar-refractivity contribution in [1.82, 2.24) is 5.32 Å². The van der Waals surface area contributed by atoms with Crippen molar-refractivity contribution in [2.75, 3.05) is 13.1 Å². The van der Waals surface area contributed by atoms with E-state index in [2.05, 4.69) is 27.3 Å². The maximum absolute atomic E-state index is 13.1. The van der Waals surface area contributed by atoms with Crippen molar-refractivity contribution >= 4 is 15.9 Å². The average molecular weight is 350 g/mol. The molecule has 0 saturated heterocycles. The summed E-state index contributed by atoms with van der Waals surface area (Å²) in [5, 5.41) is 3.39. The van der Waals surface area contributed by atoms with Crippen molar-refractivity contribution in [3.8, 4) is 5.75 Å². The van der Waals surface area contributed by atoms with Gasteiger partial charge in [0.15, 0.2) is 0 Å². The lowest BCUT2D eigenvalue weighted by molar-refractivity contribution is 0.228. The molecule has 110 valence electrons. The van der Waals surface area contributed by atoms with Gasteiger partial charge in [0, 0.05) is 17.4 Å². The van der Waals surface area contributed by atoms with E-state index in [4.69, 9.17) is 4.74 Å². The molecule has 3 rings (SSSR count). The molecule has 0 radical (unpaired) electrons. The number of ether oxygens (including phenoxy) is 1. The molecule has 1 atom stereocenters. The maximum Gasteiger partial charge on any atom is 0.123 e. The first-order valence-corrected chi connectivity index (χ1v) is 7.90. The second-order valence-electron chi connectivity index (χ2n) is 5.28. The zero-order valence-electron chi connectivity index (χ0n) is 11.6. The Balaban J connectivity index is 1.43. The van der Waals surface area contributed by atoms with E-state index in [9.17, 15) is 4.39 Å². The van der Waals surface area contributed by atoms with Crippen LogP contribution in [0.5, 0.6) is 5.75 Å². The lowest BCUT2D eigenvalue weighted by Gasteiger charge is -2.11. The van der Waals surface area contributed by atoms with Crippen molar-refractivity contribution in [2.24, 2.45) is 0 Å². The number of fused-ring (bicyclic) bond motifs is 1. The first-order chi connectivity index (χ1) is 10.2. The van der Waals surface area contributed by atoms with Crippen molar-refractivity contribution < 1.29 is 9.13 Å². The highest BCUT2D eigenvalue weighted by atomic mass is 79.9. The summed E-state index contributed by atoms with van der Waals surface area (Å²) in [6, 6.07) is 12.9. The predicted molar refractivity (Wildman–Crippen MR) is 85.2 cm³/mol. The summed E-state index contributed by atoms with van der Waals surface area (Å²) in [4.78, 5) is 0. The summed E-state index contributed by atoms with van der Waals surface area (Å²) in [6.45, 7) is 1.63. The third-order valence-electron chi connectivity index (χ3n) is 3.62. The highest BCUT2D eigenvalue weighted by molar-refractivity contribution is 9.10. The van der Waals surface area contributed by atoms with Gasteiger partial charge in [-0.25, -0.2) is 4.39 Å². The van der Waals surface area contributed by atoms with Crippen LogP contribution in [-0.2, 0) is 12.8 Å². The van der Waals surface area contributed by atoms with Crippen molar-refractivity contribution in [3.05, 3.63) is 63.9 Å². The summed E-state index contributed by atoms with van der Waals surface area (Å²) in [6.07, 6.45) is 1.94.